The Morgan fingerprint density at radius 1 is 1.35 bits per heavy atom. The second-order valence-corrected chi connectivity index (χ2v) is 4.45. The third kappa shape index (κ3) is 3.23. The van der Waals surface area contributed by atoms with Crippen LogP contribution in [0.15, 0.2) is 24.3 Å². The summed E-state index contributed by atoms with van der Waals surface area (Å²) >= 11 is 0. The summed E-state index contributed by atoms with van der Waals surface area (Å²) in [5.74, 6) is 0.324. The molecule has 1 heterocycles. The minimum Gasteiger partial charge on any atom is -0.487 e. The molecule has 1 saturated heterocycles. The second-order valence-electron chi connectivity index (χ2n) is 4.45. The van der Waals surface area contributed by atoms with Crippen LogP contribution in [0, 0.1) is 10.1 Å². The van der Waals surface area contributed by atoms with E-state index in [1.807, 2.05) is 0 Å². The predicted octanol–water partition coefficient (Wildman–Crippen LogP) is -0.197. The van der Waals surface area contributed by atoms with Crippen molar-refractivity contribution in [3.05, 3.63) is 34.4 Å². The Balaban J connectivity index is 2.06. The van der Waals surface area contributed by atoms with Crippen LogP contribution in [0.3, 0.4) is 0 Å². The van der Waals surface area contributed by atoms with Crippen molar-refractivity contribution >= 4 is 5.69 Å². The van der Waals surface area contributed by atoms with Crippen LogP contribution in [-0.4, -0.2) is 51.5 Å². The van der Waals surface area contributed by atoms with Crippen molar-refractivity contribution in [2.75, 3.05) is 6.61 Å². The summed E-state index contributed by atoms with van der Waals surface area (Å²) in [7, 11) is 0. The Bertz CT molecular complexity index is 463. The number of aliphatic hydroxyl groups is 3. The maximum atomic E-state index is 10.5. The normalized spacial score (nSPS) is 29.9. The number of hydrogen-bond acceptors (Lipinski definition) is 7. The number of benzene rings is 1. The molecule has 2 rings (SSSR count). The summed E-state index contributed by atoms with van der Waals surface area (Å²) in [5.41, 5.74) is -0.0712. The van der Waals surface area contributed by atoms with Crippen LogP contribution in [0.25, 0.3) is 0 Å². The second kappa shape index (κ2) is 6.14. The summed E-state index contributed by atoms with van der Waals surface area (Å²) in [6.07, 6.45) is -3.90. The van der Waals surface area contributed by atoms with Crippen LogP contribution in [0.4, 0.5) is 5.69 Å². The smallest absolute Gasteiger partial charge is 0.269 e. The molecule has 0 radical (unpaired) electrons. The molecule has 110 valence electrons. The molecule has 0 unspecified atom stereocenters. The van der Waals surface area contributed by atoms with Crippen LogP contribution in [-0.2, 0) is 4.74 Å². The van der Waals surface area contributed by atoms with Gasteiger partial charge >= 0.3 is 0 Å². The molecule has 1 aliphatic rings. The van der Waals surface area contributed by atoms with E-state index in [1.165, 1.54) is 24.3 Å². The van der Waals surface area contributed by atoms with Crippen molar-refractivity contribution in [1.82, 2.24) is 0 Å². The van der Waals surface area contributed by atoms with Gasteiger partial charge in [-0.15, -0.1) is 0 Å². The van der Waals surface area contributed by atoms with E-state index >= 15 is 0 Å². The third-order valence-corrected chi connectivity index (χ3v) is 3.04. The molecular weight excluding hydrogens is 270 g/mol. The van der Waals surface area contributed by atoms with Gasteiger partial charge in [0.25, 0.3) is 5.69 Å². The largest absolute Gasteiger partial charge is 0.487 e. The standard InChI is InChI=1S/C12H15NO7/c14-6-10-12(16)9(5-11(15)20-10)19-8-3-1-7(2-4-8)13(17)18/h1-4,9-12,14-16H,5-6H2/t9-,10-,11-,12+/m0/s1. The van der Waals surface area contributed by atoms with Gasteiger partial charge < -0.3 is 24.8 Å². The van der Waals surface area contributed by atoms with E-state index in [1.54, 1.807) is 0 Å². The maximum absolute atomic E-state index is 10.5. The van der Waals surface area contributed by atoms with Crippen LogP contribution >= 0.6 is 0 Å². The lowest BCUT2D eigenvalue weighted by Crippen LogP contribution is -2.52. The lowest BCUT2D eigenvalue weighted by atomic mass is 10.0. The number of nitrogens with zero attached hydrogens (tertiary/aromatic N) is 1. The molecule has 20 heavy (non-hydrogen) atoms. The van der Waals surface area contributed by atoms with Crippen molar-refractivity contribution < 1.29 is 29.7 Å². The first-order chi connectivity index (χ1) is 9.51. The molecule has 1 aromatic carbocycles. The van der Waals surface area contributed by atoms with Crippen LogP contribution in [0.1, 0.15) is 6.42 Å². The lowest BCUT2D eigenvalue weighted by molar-refractivity contribution is -0.384. The summed E-state index contributed by atoms with van der Waals surface area (Å²) in [5, 5.41) is 39.0. The van der Waals surface area contributed by atoms with Crippen molar-refractivity contribution in [2.24, 2.45) is 0 Å². The number of nitro groups is 1. The summed E-state index contributed by atoms with van der Waals surface area (Å²) in [6.45, 7) is -0.446. The first kappa shape index (κ1) is 14.7. The Morgan fingerprint density at radius 2 is 2.00 bits per heavy atom. The quantitative estimate of drug-likeness (QED) is 0.517. The van der Waals surface area contributed by atoms with E-state index < -0.39 is 36.1 Å². The molecular formula is C12H15NO7. The van der Waals surface area contributed by atoms with Gasteiger partial charge in [-0.1, -0.05) is 0 Å². The minimum atomic E-state index is -1.14. The van der Waals surface area contributed by atoms with E-state index in [9.17, 15) is 20.3 Å². The molecule has 1 aromatic rings. The molecule has 0 amide bonds. The zero-order chi connectivity index (χ0) is 14.7. The summed E-state index contributed by atoms with van der Waals surface area (Å²) in [6, 6.07) is 5.36. The highest BCUT2D eigenvalue weighted by Gasteiger charge is 2.38. The number of nitro benzene ring substituents is 1. The Labute approximate surface area is 114 Å². The van der Waals surface area contributed by atoms with E-state index in [0.717, 1.165) is 0 Å². The monoisotopic (exact) mass is 285 g/mol. The first-order valence-corrected chi connectivity index (χ1v) is 6.05. The molecule has 0 saturated carbocycles. The lowest BCUT2D eigenvalue weighted by Gasteiger charge is -2.36. The molecule has 0 aromatic heterocycles. The van der Waals surface area contributed by atoms with Crippen LogP contribution < -0.4 is 4.74 Å². The fourth-order valence-corrected chi connectivity index (χ4v) is 2.01. The van der Waals surface area contributed by atoms with Gasteiger partial charge in [-0.25, -0.2) is 0 Å². The number of ether oxygens (including phenoxy) is 2. The van der Waals surface area contributed by atoms with E-state index in [4.69, 9.17) is 14.6 Å². The Hall–Kier alpha value is -1.74. The minimum absolute atomic E-state index is 0.0364. The van der Waals surface area contributed by atoms with Gasteiger partial charge in [0.15, 0.2) is 6.29 Å². The molecule has 8 nitrogen and oxygen atoms in total. The molecule has 0 spiro atoms. The highest BCUT2D eigenvalue weighted by Crippen LogP contribution is 2.25. The average molecular weight is 285 g/mol. The number of rotatable bonds is 4. The predicted molar refractivity (Wildman–Crippen MR) is 66.1 cm³/mol. The van der Waals surface area contributed by atoms with Crippen molar-refractivity contribution in [3.8, 4) is 5.75 Å². The molecule has 0 bridgehead atoms. The molecule has 0 aliphatic carbocycles. The van der Waals surface area contributed by atoms with Gasteiger partial charge in [-0.05, 0) is 12.1 Å². The molecule has 1 fully saturated rings. The van der Waals surface area contributed by atoms with Crippen molar-refractivity contribution in [3.63, 3.8) is 0 Å². The summed E-state index contributed by atoms with van der Waals surface area (Å²) < 4.78 is 10.4. The van der Waals surface area contributed by atoms with Gasteiger partial charge in [0, 0.05) is 18.6 Å². The Kier molecular flexibility index (Phi) is 4.50. The van der Waals surface area contributed by atoms with Gasteiger partial charge in [-0.3, -0.25) is 10.1 Å². The van der Waals surface area contributed by atoms with Crippen LogP contribution in [0.5, 0.6) is 5.75 Å². The topological polar surface area (TPSA) is 122 Å². The molecule has 4 atom stereocenters. The molecule has 8 heteroatoms. The first-order valence-electron chi connectivity index (χ1n) is 6.05. The van der Waals surface area contributed by atoms with E-state index in [-0.39, 0.29) is 12.1 Å². The SMILES string of the molecule is O=[N+]([O-])c1ccc(O[C@H]2C[C@@H](O)O[C@@H](CO)[C@@H]2O)cc1. The fourth-order valence-electron chi connectivity index (χ4n) is 2.01. The highest BCUT2D eigenvalue weighted by atomic mass is 16.6. The summed E-state index contributed by atoms with van der Waals surface area (Å²) in [4.78, 5) is 10.00. The number of aliphatic hydroxyl groups excluding tert-OH is 3. The number of non-ortho nitro benzene ring substituents is 1. The van der Waals surface area contributed by atoms with E-state index in [0.29, 0.717) is 5.75 Å². The third-order valence-electron chi connectivity index (χ3n) is 3.04. The van der Waals surface area contributed by atoms with Gasteiger partial charge in [0.2, 0.25) is 0 Å². The van der Waals surface area contributed by atoms with Gasteiger partial charge in [-0.2, -0.15) is 0 Å². The molecule has 1 aliphatic heterocycles. The van der Waals surface area contributed by atoms with Gasteiger partial charge in [0.1, 0.15) is 24.1 Å². The zero-order valence-corrected chi connectivity index (χ0v) is 10.5. The van der Waals surface area contributed by atoms with Crippen molar-refractivity contribution in [2.45, 2.75) is 31.0 Å². The van der Waals surface area contributed by atoms with Gasteiger partial charge in [0.05, 0.1) is 11.5 Å². The fraction of sp³-hybridized carbons (Fsp3) is 0.500. The number of hydrogen-bond donors (Lipinski definition) is 3. The van der Waals surface area contributed by atoms with E-state index in [2.05, 4.69) is 0 Å². The zero-order valence-electron chi connectivity index (χ0n) is 10.5. The van der Waals surface area contributed by atoms with Crippen molar-refractivity contribution in [1.29, 1.82) is 0 Å². The maximum Gasteiger partial charge on any atom is 0.269 e. The highest BCUT2D eigenvalue weighted by molar-refractivity contribution is 5.36. The molecule has 3 N–H and O–H groups in total. The Morgan fingerprint density at radius 3 is 2.55 bits per heavy atom. The van der Waals surface area contributed by atoms with Crippen LogP contribution in [0.2, 0.25) is 0 Å². The average Bonchev–Trinajstić information content (AvgIpc) is 2.43.